The van der Waals surface area contributed by atoms with E-state index in [2.05, 4.69) is 17.2 Å². The molecule has 0 aliphatic heterocycles. The number of nitrogens with zero attached hydrogens (tertiary/aromatic N) is 1. The molecule has 4 nitrogen and oxygen atoms in total. The van der Waals surface area contributed by atoms with Crippen LogP contribution in [-0.4, -0.2) is 23.2 Å². The topological polar surface area (TPSA) is 71.2 Å². The summed E-state index contributed by atoms with van der Waals surface area (Å²) in [5, 5.41) is 11.9. The molecule has 4 N–H and O–H groups in total. The van der Waals surface area contributed by atoms with E-state index in [1.165, 1.54) is 0 Å². The molecule has 0 aliphatic carbocycles. The lowest BCUT2D eigenvalue weighted by Gasteiger charge is -2.11. The van der Waals surface area contributed by atoms with Crippen molar-refractivity contribution < 1.29 is 5.11 Å². The van der Waals surface area contributed by atoms with Gasteiger partial charge in [0.1, 0.15) is 5.82 Å². The van der Waals surface area contributed by atoms with Crippen molar-refractivity contribution in [3.63, 3.8) is 0 Å². The standard InChI is InChI=1S/C10H17N3O/c1-8(3-5-14)7-13-10-6-9(11)2-4-12-10/h2,4,6,8,14H,3,5,7H2,1H3,(H3,11,12,13). The van der Waals surface area contributed by atoms with Crippen molar-refractivity contribution >= 4 is 11.5 Å². The zero-order chi connectivity index (χ0) is 10.4. The predicted molar refractivity (Wildman–Crippen MR) is 58.0 cm³/mol. The van der Waals surface area contributed by atoms with Gasteiger partial charge in [0, 0.05) is 31.1 Å². The van der Waals surface area contributed by atoms with Crippen molar-refractivity contribution in [3.05, 3.63) is 18.3 Å². The molecule has 0 spiro atoms. The van der Waals surface area contributed by atoms with Gasteiger partial charge < -0.3 is 16.2 Å². The third-order valence-electron chi connectivity index (χ3n) is 2.04. The Morgan fingerprint density at radius 3 is 3.07 bits per heavy atom. The first-order valence-electron chi connectivity index (χ1n) is 4.78. The lowest BCUT2D eigenvalue weighted by atomic mass is 10.1. The summed E-state index contributed by atoms with van der Waals surface area (Å²) < 4.78 is 0. The Hall–Kier alpha value is -1.29. The quantitative estimate of drug-likeness (QED) is 0.657. The molecule has 14 heavy (non-hydrogen) atoms. The van der Waals surface area contributed by atoms with Crippen LogP contribution in [0.2, 0.25) is 0 Å². The molecule has 1 unspecified atom stereocenters. The molecule has 4 heteroatoms. The molecule has 0 saturated carbocycles. The van der Waals surface area contributed by atoms with Crippen LogP contribution in [0.5, 0.6) is 0 Å². The summed E-state index contributed by atoms with van der Waals surface area (Å²) >= 11 is 0. The molecule has 0 aliphatic rings. The third-order valence-corrected chi connectivity index (χ3v) is 2.04. The summed E-state index contributed by atoms with van der Waals surface area (Å²) in [5.41, 5.74) is 6.31. The van der Waals surface area contributed by atoms with E-state index in [4.69, 9.17) is 10.8 Å². The second-order valence-corrected chi connectivity index (χ2v) is 3.47. The highest BCUT2D eigenvalue weighted by molar-refractivity contribution is 5.48. The number of nitrogens with two attached hydrogens (primary N) is 1. The van der Waals surface area contributed by atoms with Gasteiger partial charge in [-0.15, -0.1) is 0 Å². The van der Waals surface area contributed by atoms with E-state index in [1.54, 1.807) is 18.3 Å². The van der Waals surface area contributed by atoms with E-state index in [0.29, 0.717) is 11.6 Å². The van der Waals surface area contributed by atoms with Crippen LogP contribution in [0.15, 0.2) is 18.3 Å². The molecule has 0 amide bonds. The molecule has 0 bridgehead atoms. The molecule has 1 heterocycles. The van der Waals surface area contributed by atoms with Crippen molar-refractivity contribution in [2.45, 2.75) is 13.3 Å². The second kappa shape index (κ2) is 5.44. The van der Waals surface area contributed by atoms with Gasteiger partial charge in [0.25, 0.3) is 0 Å². The fraction of sp³-hybridized carbons (Fsp3) is 0.500. The normalized spacial score (nSPS) is 12.4. The molecule has 1 aromatic heterocycles. The van der Waals surface area contributed by atoms with Crippen molar-refractivity contribution in [2.75, 3.05) is 24.2 Å². The van der Waals surface area contributed by atoms with Crippen molar-refractivity contribution in [1.82, 2.24) is 4.98 Å². The molecule has 0 fully saturated rings. The fourth-order valence-corrected chi connectivity index (χ4v) is 1.14. The number of nitrogens with one attached hydrogen (secondary N) is 1. The summed E-state index contributed by atoms with van der Waals surface area (Å²) in [5.74, 6) is 1.22. The smallest absolute Gasteiger partial charge is 0.127 e. The van der Waals surface area contributed by atoms with Gasteiger partial charge in [-0.1, -0.05) is 6.92 Å². The average Bonchev–Trinajstić information content (AvgIpc) is 2.15. The number of nitrogen functional groups attached to an aromatic ring is 1. The van der Waals surface area contributed by atoms with Crippen molar-refractivity contribution in [3.8, 4) is 0 Å². The third kappa shape index (κ3) is 3.62. The first kappa shape index (κ1) is 10.8. The Morgan fingerprint density at radius 1 is 1.64 bits per heavy atom. The van der Waals surface area contributed by atoms with E-state index >= 15 is 0 Å². The number of aliphatic hydroxyl groups excluding tert-OH is 1. The summed E-state index contributed by atoms with van der Waals surface area (Å²) in [7, 11) is 0. The molecule has 1 atom stereocenters. The monoisotopic (exact) mass is 195 g/mol. The van der Waals surface area contributed by atoms with Crippen LogP contribution in [0.3, 0.4) is 0 Å². The summed E-state index contributed by atoms with van der Waals surface area (Å²) in [6.45, 7) is 3.11. The van der Waals surface area contributed by atoms with Crippen LogP contribution in [0.1, 0.15) is 13.3 Å². The minimum atomic E-state index is 0.229. The number of anilines is 2. The molecule has 1 rings (SSSR count). The highest BCUT2D eigenvalue weighted by Crippen LogP contribution is 2.09. The fourth-order valence-electron chi connectivity index (χ4n) is 1.14. The Kier molecular flexibility index (Phi) is 4.19. The molecule has 0 saturated heterocycles. The Labute approximate surface area is 84.2 Å². The molecular weight excluding hydrogens is 178 g/mol. The second-order valence-electron chi connectivity index (χ2n) is 3.47. The van der Waals surface area contributed by atoms with Gasteiger partial charge in [-0.3, -0.25) is 0 Å². The van der Waals surface area contributed by atoms with E-state index < -0.39 is 0 Å². The van der Waals surface area contributed by atoms with Crippen molar-refractivity contribution in [2.24, 2.45) is 5.92 Å². The number of hydrogen-bond acceptors (Lipinski definition) is 4. The Morgan fingerprint density at radius 2 is 2.43 bits per heavy atom. The van der Waals surface area contributed by atoms with Gasteiger partial charge in [-0.25, -0.2) is 4.98 Å². The number of aliphatic hydroxyl groups is 1. The maximum absolute atomic E-state index is 8.71. The SMILES string of the molecule is CC(CCO)CNc1cc(N)ccn1. The number of pyridine rings is 1. The molecule has 0 aromatic carbocycles. The van der Waals surface area contributed by atoms with E-state index in [1.807, 2.05) is 0 Å². The average molecular weight is 195 g/mol. The largest absolute Gasteiger partial charge is 0.399 e. The minimum absolute atomic E-state index is 0.229. The number of hydrogen-bond donors (Lipinski definition) is 3. The lowest BCUT2D eigenvalue weighted by Crippen LogP contribution is -2.13. The van der Waals surface area contributed by atoms with Crippen LogP contribution in [-0.2, 0) is 0 Å². The van der Waals surface area contributed by atoms with Gasteiger partial charge in [-0.2, -0.15) is 0 Å². The minimum Gasteiger partial charge on any atom is -0.399 e. The Bertz CT molecular complexity index is 278. The van der Waals surface area contributed by atoms with Gasteiger partial charge >= 0.3 is 0 Å². The zero-order valence-corrected chi connectivity index (χ0v) is 8.40. The molecule has 78 valence electrons. The van der Waals surface area contributed by atoms with Crippen LogP contribution < -0.4 is 11.1 Å². The van der Waals surface area contributed by atoms with Gasteiger partial charge in [0.15, 0.2) is 0 Å². The zero-order valence-electron chi connectivity index (χ0n) is 8.40. The van der Waals surface area contributed by atoms with Gasteiger partial charge in [0.05, 0.1) is 0 Å². The van der Waals surface area contributed by atoms with E-state index in [0.717, 1.165) is 18.8 Å². The summed E-state index contributed by atoms with van der Waals surface area (Å²) in [4.78, 5) is 4.12. The van der Waals surface area contributed by atoms with Crippen LogP contribution in [0, 0.1) is 5.92 Å². The van der Waals surface area contributed by atoms with E-state index in [9.17, 15) is 0 Å². The first-order valence-corrected chi connectivity index (χ1v) is 4.78. The van der Waals surface area contributed by atoms with Crippen LogP contribution in [0.25, 0.3) is 0 Å². The maximum Gasteiger partial charge on any atom is 0.127 e. The van der Waals surface area contributed by atoms with Crippen LogP contribution in [0.4, 0.5) is 11.5 Å². The van der Waals surface area contributed by atoms with E-state index in [-0.39, 0.29) is 6.61 Å². The summed E-state index contributed by atoms with van der Waals surface area (Å²) in [6, 6.07) is 3.55. The van der Waals surface area contributed by atoms with Gasteiger partial charge in [0.2, 0.25) is 0 Å². The highest BCUT2D eigenvalue weighted by atomic mass is 16.3. The van der Waals surface area contributed by atoms with Crippen LogP contribution >= 0.6 is 0 Å². The predicted octanol–water partition coefficient (Wildman–Crippen LogP) is 1.09. The number of rotatable bonds is 5. The Balaban J connectivity index is 2.37. The highest BCUT2D eigenvalue weighted by Gasteiger charge is 2.01. The molecule has 0 radical (unpaired) electrons. The lowest BCUT2D eigenvalue weighted by molar-refractivity contribution is 0.266. The first-order chi connectivity index (χ1) is 6.72. The molecular formula is C10H17N3O. The van der Waals surface area contributed by atoms with Crippen molar-refractivity contribution in [1.29, 1.82) is 0 Å². The van der Waals surface area contributed by atoms with Gasteiger partial charge in [-0.05, 0) is 18.4 Å². The number of aromatic nitrogens is 1. The maximum atomic E-state index is 8.71. The summed E-state index contributed by atoms with van der Waals surface area (Å²) in [6.07, 6.45) is 2.48. The molecule has 1 aromatic rings.